The van der Waals surface area contributed by atoms with Crippen LogP contribution < -0.4 is 20.5 Å². The number of hydrogen-bond acceptors (Lipinski definition) is 6. The third-order valence-corrected chi connectivity index (χ3v) is 3.60. The number of benzene rings is 2. The Bertz CT molecular complexity index is 846. The molecular formula is C19H20N2O5. The van der Waals surface area contributed by atoms with Gasteiger partial charge in [-0.3, -0.25) is 4.79 Å². The van der Waals surface area contributed by atoms with Crippen LogP contribution >= 0.6 is 0 Å². The van der Waals surface area contributed by atoms with Crippen molar-refractivity contribution in [1.29, 1.82) is 0 Å². The van der Waals surface area contributed by atoms with E-state index in [4.69, 9.17) is 15.2 Å². The molecule has 0 fully saturated rings. The molecule has 3 N–H and O–H groups in total. The van der Waals surface area contributed by atoms with Crippen LogP contribution in [0.3, 0.4) is 0 Å². The van der Waals surface area contributed by atoms with Crippen molar-refractivity contribution in [3.05, 3.63) is 53.6 Å². The van der Waals surface area contributed by atoms with E-state index < -0.39 is 11.9 Å². The molecule has 0 aromatic heterocycles. The molecule has 0 atom stereocenters. The van der Waals surface area contributed by atoms with Crippen molar-refractivity contribution >= 4 is 29.3 Å². The second-order valence-electron chi connectivity index (χ2n) is 5.20. The number of nitrogen functional groups attached to an aromatic ring is 1. The zero-order valence-corrected chi connectivity index (χ0v) is 14.7. The van der Waals surface area contributed by atoms with Gasteiger partial charge in [-0.2, -0.15) is 0 Å². The summed E-state index contributed by atoms with van der Waals surface area (Å²) >= 11 is 0. The van der Waals surface area contributed by atoms with Crippen LogP contribution in [-0.2, 0) is 9.53 Å². The number of esters is 1. The van der Waals surface area contributed by atoms with Gasteiger partial charge in [0.15, 0.2) is 11.5 Å². The summed E-state index contributed by atoms with van der Waals surface area (Å²) in [5, 5.41) is 2.64. The quantitative estimate of drug-likeness (QED) is 0.469. The van der Waals surface area contributed by atoms with Crippen LogP contribution in [0.2, 0.25) is 0 Å². The van der Waals surface area contributed by atoms with Gasteiger partial charge in [0.05, 0.1) is 38.3 Å². The highest BCUT2D eigenvalue weighted by molar-refractivity contribution is 6.06. The van der Waals surface area contributed by atoms with Gasteiger partial charge in [-0.15, -0.1) is 0 Å². The molecule has 2 aromatic carbocycles. The number of carbonyl (C=O) groups excluding carboxylic acids is 2. The van der Waals surface area contributed by atoms with E-state index in [2.05, 4.69) is 10.1 Å². The topological polar surface area (TPSA) is 99.9 Å². The molecule has 0 saturated carbocycles. The normalized spacial score (nSPS) is 10.4. The molecule has 1 amide bonds. The molecule has 2 rings (SSSR count). The van der Waals surface area contributed by atoms with Gasteiger partial charge < -0.3 is 25.3 Å². The van der Waals surface area contributed by atoms with Crippen LogP contribution in [0.5, 0.6) is 11.5 Å². The molecule has 0 radical (unpaired) electrons. The first-order valence-electron chi connectivity index (χ1n) is 7.68. The lowest BCUT2D eigenvalue weighted by molar-refractivity contribution is -0.111. The molecule has 26 heavy (non-hydrogen) atoms. The number of amides is 1. The van der Waals surface area contributed by atoms with Gasteiger partial charge in [0.25, 0.3) is 0 Å². The Labute approximate surface area is 151 Å². The van der Waals surface area contributed by atoms with E-state index >= 15 is 0 Å². The molecule has 0 aliphatic carbocycles. The molecule has 0 heterocycles. The van der Waals surface area contributed by atoms with Crippen molar-refractivity contribution in [1.82, 2.24) is 0 Å². The van der Waals surface area contributed by atoms with Crippen molar-refractivity contribution in [2.24, 2.45) is 0 Å². The summed E-state index contributed by atoms with van der Waals surface area (Å²) in [6, 6.07) is 10.0. The van der Waals surface area contributed by atoms with Crippen LogP contribution in [0.1, 0.15) is 15.9 Å². The molecular weight excluding hydrogens is 336 g/mol. The third-order valence-electron chi connectivity index (χ3n) is 3.60. The van der Waals surface area contributed by atoms with Gasteiger partial charge in [0, 0.05) is 6.08 Å². The van der Waals surface area contributed by atoms with E-state index in [1.54, 1.807) is 43.5 Å². The maximum atomic E-state index is 12.1. The van der Waals surface area contributed by atoms with Crippen molar-refractivity contribution in [3.63, 3.8) is 0 Å². The van der Waals surface area contributed by atoms with Crippen LogP contribution in [0.4, 0.5) is 11.4 Å². The van der Waals surface area contributed by atoms with E-state index in [1.807, 2.05) is 0 Å². The zero-order valence-electron chi connectivity index (χ0n) is 14.7. The van der Waals surface area contributed by atoms with Crippen LogP contribution in [-0.4, -0.2) is 33.2 Å². The Hall–Kier alpha value is -3.48. The summed E-state index contributed by atoms with van der Waals surface area (Å²) in [5.74, 6) is 0.194. The number of para-hydroxylation sites is 1. The fourth-order valence-corrected chi connectivity index (χ4v) is 2.26. The summed E-state index contributed by atoms with van der Waals surface area (Å²) < 4.78 is 15.0. The largest absolute Gasteiger partial charge is 0.493 e. The average molecular weight is 356 g/mol. The smallest absolute Gasteiger partial charge is 0.340 e. The number of rotatable bonds is 6. The van der Waals surface area contributed by atoms with Crippen molar-refractivity contribution in [2.45, 2.75) is 0 Å². The first kappa shape index (κ1) is 18.9. The van der Waals surface area contributed by atoms with Gasteiger partial charge in [-0.05, 0) is 35.9 Å². The Kier molecular flexibility index (Phi) is 6.21. The zero-order chi connectivity index (χ0) is 19.1. The fourth-order valence-electron chi connectivity index (χ4n) is 2.26. The summed E-state index contributed by atoms with van der Waals surface area (Å²) in [7, 11) is 4.35. The molecule has 0 bridgehead atoms. The Morgan fingerprint density at radius 3 is 2.42 bits per heavy atom. The predicted octanol–water partition coefficient (Wildman–Crippen LogP) is 2.72. The van der Waals surface area contributed by atoms with E-state index in [9.17, 15) is 9.59 Å². The first-order valence-corrected chi connectivity index (χ1v) is 7.68. The van der Waals surface area contributed by atoms with E-state index in [1.165, 1.54) is 26.4 Å². The summed E-state index contributed by atoms with van der Waals surface area (Å²) in [6.07, 6.45) is 2.98. The molecule has 136 valence electrons. The number of nitrogens with one attached hydrogen (secondary N) is 1. The summed E-state index contributed by atoms with van der Waals surface area (Å²) in [5.41, 5.74) is 7.34. The molecule has 2 aromatic rings. The summed E-state index contributed by atoms with van der Waals surface area (Å²) in [4.78, 5) is 23.8. The van der Waals surface area contributed by atoms with Gasteiger partial charge in [0.1, 0.15) is 0 Å². The van der Waals surface area contributed by atoms with Crippen LogP contribution in [0, 0.1) is 0 Å². The number of nitrogens with two attached hydrogens (primary N) is 1. The van der Waals surface area contributed by atoms with Gasteiger partial charge in [0.2, 0.25) is 5.91 Å². The molecule has 7 nitrogen and oxygen atoms in total. The Balaban J connectivity index is 2.14. The molecule has 0 spiro atoms. The van der Waals surface area contributed by atoms with Crippen molar-refractivity contribution in [2.75, 3.05) is 32.4 Å². The van der Waals surface area contributed by atoms with Gasteiger partial charge in [-0.25, -0.2) is 4.79 Å². The number of hydrogen-bond donors (Lipinski definition) is 2. The second kappa shape index (κ2) is 8.57. The lowest BCUT2D eigenvalue weighted by Crippen LogP contribution is -2.12. The van der Waals surface area contributed by atoms with Crippen molar-refractivity contribution in [3.8, 4) is 11.5 Å². The van der Waals surface area contributed by atoms with Gasteiger partial charge in [-0.1, -0.05) is 12.1 Å². The fraction of sp³-hybridized carbons (Fsp3) is 0.158. The lowest BCUT2D eigenvalue weighted by atomic mass is 10.1. The SMILES string of the molecule is COC(=O)c1cccc(NC(=O)C=Cc2ccc(OC)c(OC)c2)c1N. The number of carbonyl (C=O) groups is 2. The van der Waals surface area contributed by atoms with E-state index in [0.29, 0.717) is 17.2 Å². The standard InChI is InChI=1S/C19H20N2O5/c1-24-15-9-7-12(11-16(15)25-2)8-10-17(22)21-14-6-4-5-13(18(14)20)19(23)26-3/h4-11H,20H2,1-3H3,(H,21,22). The average Bonchev–Trinajstić information content (AvgIpc) is 2.67. The minimum atomic E-state index is -0.570. The Morgan fingerprint density at radius 1 is 1.04 bits per heavy atom. The van der Waals surface area contributed by atoms with Crippen LogP contribution in [0.15, 0.2) is 42.5 Å². The highest BCUT2D eigenvalue weighted by atomic mass is 16.5. The predicted molar refractivity (Wildman–Crippen MR) is 99.4 cm³/mol. The minimum Gasteiger partial charge on any atom is -0.493 e. The molecule has 7 heteroatoms. The van der Waals surface area contributed by atoms with E-state index in [-0.39, 0.29) is 11.3 Å². The minimum absolute atomic E-state index is 0.146. The number of ether oxygens (including phenoxy) is 3. The second-order valence-corrected chi connectivity index (χ2v) is 5.20. The number of anilines is 2. The molecule has 0 aliphatic heterocycles. The molecule has 0 saturated heterocycles. The Morgan fingerprint density at radius 2 is 1.77 bits per heavy atom. The lowest BCUT2D eigenvalue weighted by Gasteiger charge is -2.10. The highest BCUT2D eigenvalue weighted by Crippen LogP contribution is 2.28. The van der Waals surface area contributed by atoms with Crippen molar-refractivity contribution < 1.29 is 23.8 Å². The third kappa shape index (κ3) is 4.32. The highest BCUT2D eigenvalue weighted by Gasteiger charge is 2.13. The van der Waals surface area contributed by atoms with E-state index in [0.717, 1.165) is 5.56 Å². The number of methoxy groups -OCH3 is 3. The van der Waals surface area contributed by atoms with Gasteiger partial charge >= 0.3 is 5.97 Å². The maximum absolute atomic E-state index is 12.1. The first-order chi connectivity index (χ1) is 12.5. The molecule has 0 unspecified atom stereocenters. The summed E-state index contributed by atoms with van der Waals surface area (Å²) in [6.45, 7) is 0. The monoisotopic (exact) mass is 356 g/mol. The van der Waals surface area contributed by atoms with Crippen LogP contribution in [0.25, 0.3) is 6.08 Å². The maximum Gasteiger partial charge on any atom is 0.340 e. The molecule has 0 aliphatic rings.